The van der Waals surface area contributed by atoms with E-state index in [9.17, 15) is 4.79 Å². The Bertz CT molecular complexity index is 80.5. The first-order valence-electron chi connectivity index (χ1n) is 2.63. The molecular weight excluding hydrogens is 165 g/mol. The number of hydrogen-bond acceptors (Lipinski definition) is 1. The molecule has 47 valence electrons. The third kappa shape index (κ3) is 6.01. The van der Waals surface area contributed by atoms with Gasteiger partial charge in [-0.2, -0.15) is 0 Å². The van der Waals surface area contributed by atoms with E-state index < -0.39 is 20.3 Å². The summed E-state index contributed by atoms with van der Waals surface area (Å²) in [4.78, 5) is 9.93. The van der Waals surface area contributed by atoms with Crippen LogP contribution < -0.4 is 0 Å². The summed E-state index contributed by atoms with van der Waals surface area (Å²) in [6, 6.07) is 0. The van der Waals surface area contributed by atoms with Gasteiger partial charge in [0.1, 0.15) is 0 Å². The summed E-state index contributed by atoms with van der Waals surface area (Å²) in [5.74, 6) is 3.71. The molecule has 0 aliphatic heterocycles. The van der Waals surface area contributed by atoms with Gasteiger partial charge in [-0.1, -0.05) is 0 Å². The number of carboxylic acid groups (broad SMARTS) is 1. The molecule has 0 amide bonds. The summed E-state index contributed by atoms with van der Waals surface area (Å²) in [6.45, 7) is 0. The summed E-state index contributed by atoms with van der Waals surface area (Å²) < 4.78 is 0. The van der Waals surface area contributed by atoms with Crippen molar-refractivity contribution in [2.45, 2.75) is 23.2 Å². The Morgan fingerprint density at radius 2 is 2.12 bits per heavy atom. The first-order chi connectivity index (χ1) is 3.63. The van der Waals surface area contributed by atoms with Gasteiger partial charge in [-0.05, 0) is 0 Å². The van der Waals surface area contributed by atoms with Gasteiger partial charge < -0.3 is 0 Å². The minimum absolute atomic E-state index is 0.377. The zero-order valence-corrected chi connectivity index (χ0v) is 7.37. The predicted octanol–water partition coefficient (Wildman–Crippen LogP) is 1.22. The molecule has 2 nitrogen and oxygen atoms in total. The number of carbonyl (C=O) groups is 1. The van der Waals surface area contributed by atoms with Gasteiger partial charge in [0.2, 0.25) is 0 Å². The minimum atomic E-state index is -0.830. The molecule has 0 aromatic heterocycles. The molecule has 3 heteroatoms. The molecule has 0 aliphatic carbocycles. The molecule has 0 saturated carbocycles. The molecule has 0 fully saturated rings. The molecule has 0 aromatic rings. The van der Waals surface area contributed by atoms with Crippen molar-refractivity contribution in [2.75, 3.05) is 0 Å². The van der Waals surface area contributed by atoms with Crippen LogP contribution in [0, 0.1) is 0 Å². The average molecular weight is 176 g/mol. The van der Waals surface area contributed by atoms with Gasteiger partial charge in [-0.15, -0.1) is 0 Å². The van der Waals surface area contributed by atoms with Crippen molar-refractivity contribution in [3.63, 3.8) is 0 Å². The Morgan fingerprint density at radius 1 is 1.62 bits per heavy atom. The van der Waals surface area contributed by atoms with Crippen LogP contribution in [0.1, 0.15) is 6.42 Å². The van der Waals surface area contributed by atoms with Crippen LogP contribution in [0.3, 0.4) is 0 Å². The van der Waals surface area contributed by atoms with E-state index in [1.807, 2.05) is 0 Å². The van der Waals surface area contributed by atoms with E-state index in [0.29, 0.717) is 6.42 Å². The van der Waals surface area contributed by atoms with Crippen molar-refractivity contribution in [3.8, 4) is 0 Å². The quantitative estimate of drug-likeness (QED) is 0.655. The zero-order valence-electron chi connectivity index (χ0n) is 5.27. The summed E-state index contributed by atoms with van der Waals surface area (Å²) in [6.07, 6.45) is 0.377. The van der Waals surface area contributed by atoms with E-state index in [1.54, 1.807) is 0 Å². The predicted molar refractivity (Wildman–Crippen MR) is 34.5 cm³/mol. The number of hydrogen-bond donors (Lipinski definition) is 1. The van der Waals surface area contributed by atoms with Gasteiger partial charge in [-0.3, -0.25) is 0 Å². The van der Waals surface area contributed by atoms with Crippen molar-refractivity contribution >= 4 is 20.3 Å². The molecule has 0 atom stereocenters. The van der Waals surface area contributed by atoms with E-state index in [4.69, 9.17) is 5.11 Å². The van der Waals surface area contributed by atoms with Crippen LogP contribution in [0.2, 0.25) is 16.8 Å². The molecule has 0 aromatic carbocycles. The third-order valence-corrected chi connectivity index (χ3v) is 3.46. The van der Waals surface area contributed by atoms with E-state index in [0.717, 1.165) is 5.25 Å². The molecule has 0 rings (SSSR count). The fourth-order valence-electron chi connectivity index (χ4n) is 0.357. The van der Waals surface area contributed by atoms with Crippen LogP contribution in [-0.4, -0.2) is 25.4 Å². The Balaban J connectivity index is 3.05. The van der Waals surface area contributed by atoms with Gasteiger partial charge in [0, 0.05) is 0 Å². The second-order valence-corrected chi connectivity index (χ2v) is 8.22. The number of carboxylic acids is 1. The zero-order chi connectivity index (χ0) is 6.57. The summed E-state index contributed by atoms with van der Waals surface area (Å²) in [7, 11) is 0. The van der Waals surface area contributed by atoms with Gasteiger partial charge >= 0.3 is 53.4 Å². The molecule has 1 N–H and O–H groups in total. The van der Waals surface area contributed by atoms with Crippen molar-refractivity contribution in [3.05, 3.63) is 0 Å². The topological polar surface area (TPSA) is 37.3 Å². The second-order valence-electron chi connectivity index (χ2n) is 2.10. The van der Waals surface area contributed by atoms with Crippen molar-refractivity contribution in [2.24, 2.45) is 0 Å². The molecule has 8 heavy (non-hydrogen) atoms. The van der Waals surface area contributed by atoms with Crippen LogP contribution in [0.15, 0.2) is 0 Å². The standard InChI is InChI=1S/C5H11GeO2/c1-6(2)4-3-5(7)8/h3-4H2,1-2H3,(H,7,8). The average Bonchev–Trinajstić information content (AvgIpc) is 1.61. The maximum absolute atomic E-state index is 9.93. The molecular formula is C5H11GeO2. The first-order valence-corrected chi connectivity index (χ1v) is 8.31. The van der Waals surface area contributed by atoms with Crippen LogP contribution in [0.25, 0.3) is 0 Å². The number of rotatable bonds is 3. The molecule has 0 aliphatic rings. The van der Waals surface area contributed by atoms with Crippen molar-refractivity contribution in [1.29, 1.82) is 0 Å². The molecule has 0 bridgehead atoms. The van der Waals surface area contributed by atoms with Gasteiger partial charge in [0.25, 0.3) is 0 Å². The maximum atomic E-state index is 9.93. The Labute approximate surface area is 54.0 Å². The van der Waals surface area contributed by atoms with E-state index in [2.05, 4.69) is 11.5 Å². The molecule has 0 unspecified atom stereocenters. The summed E-state index contributed by atoms with van der Waals surface area (Å²) in [5, 5.41) is 9.14. The Morgan fingerprint density at radius 3 is 2.25 bits per heavy atom. The Hall–Kier alpha value is 0.0129. The molecule has 1 radical (unpaired) electrons. The fraction of sp³-hybridized carbons (Fsp3) is 0.800. The summed E-state index contributed by atoms with van der Waals surface area (Å²) >= 11 is -0.830. The van der Waals surface area contributed by atoms with Crippen LogP contribution in [0.5, 0.6) is 0 Å². The second kappa shape index (κ2) is 3.95. The van der Waals surface area contributed by atoms with E-state index in [-0.39, 0.29) is 0 Å². The van der Waals surface area contributed by atoms with Crippen LogP contribution >= 0.6 is 0 Å². The third-order valence-electron chi connectivity index (χ3n) is 0.839. The monoisotopic (exact) mass is 177 g/mol. The van der Waals surface area contributed by atoms with E-state index in [1.165, 1.54) is 0 Å². The van der Waals surface area contributed by atoms with Crippen LogP contribution in [-0.2, 0) is 4.79 Å². The SMILES string of the molecule is [CH3][Ge]([CH3])[CH2]CC(=O)O. The number of aliphatic carboxylic acids is 1. The first kappa shape index (κ1) is 8.01. The van der Waals surface area contributed by atoms with Gasteiger partial charge in [0.05, 0.1) is 0 Å². The van der Waals surface area contributed by atoms with Gasteiger partial charge in [0.15, 0.2) is 0 Å². The fourth-order valence-corrected chi connectivity index (χ4v) is 1.85. The van der Waals surface area contributed by atoms with Gasteiger partial charge in [-0.25, -0.2) is 0 Å². The molecule has 0 saturated heterocycles. The molecule has 0 heterocycles. The Kier molecular flexibility index (Phi) is 3.96. The van der Waals surface area contributed by atoms with Crippen molar-refractivity contribution < 1.29 is 9.90 Å². The molecule has 0 spiro atoms. The normalized spacial score (nSPS) is 9.88. The van der Waals surface area contributed by atoms with Crippen LogP contribution in [0.4, 0.5) is 0 Å². The summed E-state index contributed by atoms with van der Waals surface area (Å²) in [5.41, 5.74) is 0. The van der Waals surface area contributed by atoms with E-state index >= 15 is 0 Å². The van der Waals surface area contributed by atoms with Crippen molar-refractivity contribution in [1.82, 2.24) is 0 Å².